The summed E-state index contributed by atoms with van der Waals surface area (Å²) in [4.78, 5) is 0.216. The van der Waals surface area contributed by atoms with Crippen LogP contribution in [0.2, 0.25) is 5.02 Å². The van der Waals surface area contributed by atoms with Crippen molar-refractivity contribution in [3.8, 4) is 23.0 Å². The first-order valence-corrected chi connectivity index (χ1v) is 12.6. The van der Waals surface area contributed by atoms with E-state index < -0.39 is 10.0 Å². The summed E-state index contributed by atoms with van der Waals surface area (Å²) in [5.41, 5.74) is 4.42. The summed E-state index contributed by atoms with van der Waals surface area (Å²) in [7, 11) is -3.92. The molecule has 0 aliphatic rings. The summed E-state index contributed by atoms with van der Waals surface area (Å²) < 4.78 is 29.3. The van der Waals surface area contributed by atoms with Crippen molar-refractivity contribution in [2.45, 2.75) is 11.8 Å². The van der Waals surface area contributed by atoms with Crippen molar-refractivity contribution in [1.82, 2.24) is 3.97 Å². The quantitative estimate of drug-likeness (QED) is 0.263. The van der Waals surface area contributed by atoms with E-state index in [1.165, 1.54) is 3.97 Å². The van der Waals surface area contributed by atoms with E-state index in [9.17, 15) is 8.42 Å². The highest BCUT2D eigenvalue weighted by molar-refractivity contribution is 7.90. The molecule has 0 saturated heterocycles. The molecule has 5 rings (SSSR count). The highest BCUT2D eigenvalue weighted by atomic mass is 35.5. The third-order valence-electron chi connectivity index (χ3n) is 5.62. The van der Waals surface area contributed by atoms with Gasteiger partial charge < -0.3 is 0 Å². The second-order valence-corrected chi connectivity index (χ2v) is 10.2. The molecule has 0 N–H and O–H groups in total. The summed E-state index contributed by atoms with van der Waals surface area (Å²) in [5.74, 6) is 6.32. The Morgan fingerprint density at radius 3 is 2.09 bits per heavy atom. The first-order chi connectivity index (χ1) is 16.4. The van der Waals surface area contributed by atoms with E-state index in [4.69, 9.17) is 11.6 Å². The zero-order valence-electron chi connectivity index (χ0n) is 18.4. The maximum absolute atomic E-state index is 14.0. The molecule has 4 aromatic carbocycles. The molecule has 5 heteroatoms. The maximum Gasteiger partial charge on any atom is 0.269 e. The van der Waals surface area contributed by atoms with Gasteiger partial charge in [-0.3, -0.25) is 0 Å². The molecule has 0 atom stereocenters. The van der Waals surface area contributed by atoms with Gasteiger partial charge in [0, 0.05) is 21.5 Å². The Balaban J connectivity index is 1.86. The summed E-state index contributed by atoms with van der Waals surface area (Å²) in [5, 5.41) is 1.44. The zero-order valence-corrected chi connectivity index (χ0v) is 19.9. The average Bonchev–Trinajstić information content (AvgIpc) is 3.19. The largest absolute Gasteiger partial charge is 0.269 e. The summed E-state index contributed by atoms with van der Waals surface area (Å²) >= 11 is 6.02. The smallest absolute Gasteiger partial charge is 0.225 e. The first kappa shape index (κ1) is 22.0. The molecule has 1 heterocycles. The van der Waals surface area contributed by atoms with Gasteiger partial charge in [-0.25, -0.2) is 12.4 Å². The van der Waals surface area contributed by atoms with Crippen LogP contribution in [0.4, 0.5) is 0 Å². The fraction of sp³-hybridized carbons (Fsp3) is 0.0345. The fourth-order valence-corrected chi connectivity index (χ4v) is 5.56. The lowest BCUT2D eigenvalue weighted by atomic mass is 10.0. The van der Waals surface area contributed by atoms with Crippen molar-refractivity contribution in [2.75, 3.05) is 0 Å². The van der Waals surface area contributed by atoms with E-state index in [0.717, 1.165) is 27.6 Å². The molecular formula is C29H20ClNO2S. The van der Waals surface area contributed by atoms with E-state index in [-0.39, 0.29) is 4.90 Å². The molecule has 0 fully saturated rings. The van der Waals surface area contributed by atoms with Crippen LogP contribution in [0.15, 0.2) is 108 Å². The Hall–Kier alpha value is -3.78. The maximum atomic E-state index is 14.0. The predicted octanol–water partition coefficient (Wildman–Crippen LogP) is 6.91. The second-order valence-electron chi connectivity index (χ2n) is 7.95. The van der Waals surface area contributed by atoms with Crippen molar-refractivity contribution < 1.29 is 8.42 Å². The Kier molecular flexibility index (Phi) is 5.75. The van der Waals surface area contributed by atoms with Crippen molar-refractivity contribution in [3.63, 3.8) is 0 Å². The third kappa shape index (κ3) is 4.01. The van der Waals surface area contributed by atoms with Gasteiger partial charge in [0.05, 0.1) is 10.4 Å². The molecule has 3 nitrogen and oxygen atoms in total. The van der Waals surface area contributed by atoms with E-state index >= 15 is 0 Å². The number of halogens is 1. The Bertz CT molecular complexity index is 1660. The second kappa shape index (κ2) is 8.87. The number of hydrogen-bond acceptors (Lipinski definition) is 2. The molecule has 0 bridgehead atoms. The number of hydrogen-bond donors (Lipinski definition) is 0. The SMILES string of the molecule is Cc1ccc(S(=O)(=O)n2c(C#Cc3ccc(Cl)cc3)c(-c3ccccc3)c3ccccc32)cc1. The van der Waals surface area contributed by atoms with E-state index in [0.29, 0.717) is 16.2 Å². The van der Waals surface area contributed by atoms with E-state index in [2.05, 4.69) is 11.8 Å². The number of nitrogens with zero attached hydrogens (tertiary/aromatic N) is 1. The lowest BCUT2D eigenvalue weighted by molar-refractivity contribution is 0.588. The molecular weight excluding hydrogens is 462 g/mol. The Labute approximate surface area is 204 Å². The minimum absolute atomic E-state index is 0.216. The van der Waals surface area contributed by atoms with Crippen LogP contribution in [-0.2, 0) is 10.0 Å². The number of fused-ring (bicyclic) bond motifs is 1. The van der Waals surface area contributed by atoms with Crippen LogP contribution in [0.5, 0.6) is 0 Å². The van der Waals surface area contributed by atoms with Crippen LogP contribution in [0.25, 0.3) is 22.0 Å². The molecule has 0 unspecified atom stereocenters. The molecule has 0 spiro atoms. The van der Waals surface area contributed by atoms with Crippen molar-refractivity contribution in [2.24, 2.45) is 0 Å². The Morgan fingerprint density at radius 1 is 0.735 bits per heavy atom. The molecule has 34 heavy (non-hydrogen) atoms. The number of para-hydroxylation sites is 1. The topological polar surface area (TPSA) is 39.1 Å². The van der Waals surface area contributed by atoms with Gasteiger partial charge in [-0.1, -0.05) is 83.7 Å². The summed E-state index contributed by atoms with van der Waals surface area (Å²) in [6.07, 6.45) is 0. The highest BCUT2D eigenvalue weighted by Crippen LogP contribution is 2.37. The van der Waals surface area contributed by atoms with Gasteiger partial charge >= 0.3 is 0 Å². The van der Waals surface area contributed by atoms with Gasteiger partial charge in [0.25, 0.3) is 10.0 Å². The van der Waals surface area contributed by atoms with Gasteiger partial charge in [-0.15, -0.1) is 0 Å². The number of aryl methyl sites for hydroxylation is 1. The van der Waals surface area contributed by atoms with Crippen LogP contribution in [0.3, 0.4) is 0 Å². The van der Waals surface area contributed by atoms with Crippen LogP contribution >= 0.6 is 11.6 Å². The molecule has 0 aliphatic heterocycles. The van der Waals surface area contributed by atoms with E-state index in [1.807, 2.05) is 73.7 Å². The molecule has 0 aliphatic carbocycles. The first-order valence-electron chi connectivity index (χ1n) is 10.7. The molecule has 5 aromatic rings. The lowest BCUT2D eigenvalue weighted by Crippen LogP contribution is -2.15. The van der Waals surface area contributed by atoms with Crippen molar-refractivity contribution in [3.05, 3.63) is 125 Å². The van der Waals surface area contributed by atoms with Crippen LogP contribution in [-0.4, -0.2) is 12.4 Å². The van der Waals surface area contributed by atoms with Crippen LogP contribution in [0.1, 0.15) is 16.8 Å². The van der Waals surface area contributed by atoms with Gasteiger partial charge in [0.2, 0.25) is 0 Å². The zero-order chi connectivity index (χ0) is 23.7. The van der Waals surface area contributed by atoms with Crippen LogP contribution in [0, 0.1) is 18.8 Å². The third-order valence-corrected chi connectivity index (χ3v) is 7.60. The molecule has 0 saturated carbocycles. The summed E-state index contributed by atoms with van der Waals surface area (Å²) in [6, 6.07) is 31.3. The monoisotopic (exact) mass is 481 g/mol. The minimum Gasteiger partial charge on any atom is -0.225 e. The average molecular weight is 482 g/mol. The van der Waals surface area contributed by atoms with Gasteiger partial charge in [0.15, 0.2) is 0 Å². The van der Waals surface area contributed by atoms with Crippen molar-refractivity contribution in [1.29, 1.82) is 0 Å². The highest BCUT2D eigenvalue weighted by Gasteiger charge is 2.26. The minimum atomic E-state index is -3.92. The van der Waals surface area contributed by atoms with Gasteiger partial charge in [0.1, 0.15) is 5.69 Å². The summed E-state index contributed by atoms with van der Waals surface area (Å²) in [6.45, 7) is 1.93. The van der Waals surface area contributed by atoms with Gasteiger partial charge in [-0.2, -0.15) is 0 Å². The molecule has 0 amide bonds. The van der Waals surface area contributed by atoms with Crippen LogP contribution < -0.4 is 0 Å². The van der Waals surface area contributed by atoms with Gasteiger partial charge in [-0.05, 0) is 60.9 Å². The van der Waals surface area contributed by atoms with Crippen molar-refractivity contribution >= 4 is 32.5 Å². The number of aromatic nitrogens is 1. The lowest BCUT2D eigenvalue weighted by Gasteiger charge is -2.10. The number of benzene rings is 4. The standard InChI is InChI=1S/C29H20ClNO2S/c1-21-11-18-25(19-12-21)34(32,33)31-27-10-6-5-9-26(27)29(23-7-3-2-4-8-23)28(31)20-15-22-13-16-24(30)17-14-22/h2-14,16-19H,1H3. The normalized spacial score (nSPS) is 11.2. The van der Waals surface area contributed by atoms with E-state index in [1.54, 1.807) is 36.4 Å². The fourth-order valence-electron chi connectivity index (χ4n) is 3.95. The number of rotatable bonds is 3. The Morgan fingerprint density at radius 2 is 1.38 bits per heavy atom. The molecule has 0 radical (unpaired) electrons. The predicted molar refractivity (Wildman–Crippen MR) is 139 cm³/mol. The molecule has 166 valence electrons. The molecule has 1 aromatic heterocycles.